The number of carboxylic acid groups (broad SMARTS) is 1. The zero-order chi connectivity index (χ0) is 23.9. The molecule has 2 heterocycles. The number of anilines is 3. The Kier molecular flexibility index (Phi) is 7.14. The van der Waals surface area contributed by atoms with E-state index in [1.807, 2.05) is 24.3 Å². The summed E-state index contributed by atoms with van der Waals surface area (Å²) in [6.07, 6.45) is 8.34. The molecular formula is C24H20ClFN6O2. The lowest BCUT2D eigenvalue weighted by Crippen LogP contribution is -2.09. The fourth-order valence-electron chi connectivity index (χ4n) is 3.21. The molecule has 4 rings (SSSR count). The molecule has 0 bridgehead atoms. The van der Waals surface area contributed by atoms with Gasteiger partial charge in [-0.05, 0) is 41.5 Å². The molecule has 172 valence electrons. The van der Waals surface area contributed by atoms with Crippen molar-refractivity contribution in [3.8, 4) is 11.1 Å². The van der Waals surface area contributed by atoms with Gasteiger partial charge in [-0.3, -0.25) is 0 Å². The third kappa shape index (κ3) is 5.96. The largest absolute Gasteiger partial charge is 0.478 e. The Morgan fingerprint density at radius 1 is 1.21 bits per heavy atom. The van der Waals surface area contributed by atoms with E-state index in [2.05, 4.69) is 30.6 Å². The molecule has 0 saturated carbocycles. The molecule has 0 amide bonds. The summed E-state index contributed by atoms with van der Waals surface area (Å²) >= 11 is 5.88. The number of benzene rings is 2. The number of nitrogens with one attached hydrogen (secondary N) is 3. The Morgan fingerprint density at radius 2 is 2.09 bits per heavy atom. The number of aliphatic carboxylic acids is 1. The van der Waals surface area contributed by atoms with Crippen LogP contribution in [-0.4, -0.2) is 37.6 Å². The first-order valence-corrected chi connectivity index (χ1v) is 10.7. The smallest absolute Gasteiger partial charge is 0.328 e. The molecule has 0 radical (unpaired) electrons. The predicted molar refractivity (Wildman–Crippen MR) is 130 cm³/mol. The van der Waals surface area contributed by atoms with Gasteiger partial charge in [0.1, 0.15) is 11.6 Å². The van der Waals surface area contributed by atoms with Gasteiger partial charge in [0.25, 0.3) is 0 Å². The number of imidazole rings is 1. The summed E-state index contributed by atoms with van der Waals surface area (Å²) in [5, 5.41) is 15.3. The van der Waals surface area contributed by atoms with E-state index in [0.717, 1.165) is 28.5 Å². The summed E-state index contributed by atoms with van der Waals surface area (Å²) in [5.74, 6) is -0.658. The topological polar surface area (TPSA) is 116 Å². The van der Waals surface area contributed by atoms with Crippen LogP contribution in [0.2, 0.25) is 5.02 Å². The van der Waals surface area contributed by atoms with Gasteiger partial charge in [-0.25, -0.2) is 19.2 Å². The number of carbonyl (C=O) groups is 1. The Balaban J connectivity index is 1.63. The molecule has 0 saturated heterocycles. The molecule has 0 aliphatic carbocycles. The number of hydrogen-bond acceptors (Lipinski definition) is 6. The van der Waals surface area contributed by atoms with Crippen LogP contribution in [0.3, 0.4) is 0 Å². The van der Waals surface area contributed by atoms with Crippen LogP contribution in [-0.2, 0) is 11.2 Å². The van der Waals surface area contributed by atoms with Crippen LogP contribution in [0.5, 0.6) is 0 Å². The van der Waals surface area contributed by atoms with Crippen LogP contribution in [0, 0.1) is 5.82 Å². The van der Waals surface area contributed by atoms with Gasteiger partial charge < -0.3 is 20.7 Å². The summed E-state index contributed by atoms with van der Waals surface area (Å²) < 4.78 is 13.5. The van der Waals surface area contributed by atoms with Crippen LogP contribution in [0.4, 0.5) is 21.8 Å². The molecule has 4 N–H and O–H groups in total. The van der Waals surface area contributed by atoms with Crippen LogP contribution in [0.15, 0.2) is 67.3 Å². The number of H-pyrrole nitrogens is 1. The van der Waals surface area contributed by atoms with Gasteiger partial charge in [-0.1, -0.05) is 29.8 Å². The molecule has 0 spiro atoms. The van der Waals surface area contributed by atoms with Crippen molar-refractivity contribution in [1.29, 1.82) is 0 Å². The van der Waals surface area contributed by atoms with E-state index in [-0.39, 0.29) is 5.02 Å². The lowest BCUT2D eigenvalue weighted by Gasteiger charge is -2.14. The fraction of sp³-hybridized carbons (Fsp3) is 0.0833. The van der Waals surface area contributed by atoms with Crippen molar-refractivity contribution in [1.82, 2.24) is 19.9 Å². The van der Waals surface area contributed by atoms with Crippen molar-refractivity contribution >= 4 is 41.1 Å². The Morgan fingerprint density at radius 3 is 2.85 bits per heavy atom. The number of aromatic nitrogens is 4. The molecule has 0 aliphatic heterocycles. The molecule has 0 fully saturated rings. The summed E-state index contributed by atoms with van der Waals surface area (Å²) in [5.41, 5.74) is 3.80. The van der Waals surface area contributed by atoms with E-state index in [9.17, 15) is 9.18 Å². The second-order valence-electron chi connectivity index (χ2n) is 7.26. The molecule has 0 aliphatic rings. The number of aromatic amines is 1. The minimum absolute atomic E-state index is 0.00856. The van der Waals surface area contributed by atoms with Crippen LogP contribution >= 0.6 is 11.6 Å². The molecule has 2 aromatic carbocycles. The predicted octanol–water partition coefficient (Wildman–Crippen LogP) is 5.16. The number of carboxylic acids is 1. The first-order chi connectivity index (χ1) is 16.5. The van der Waals surface area contributed by atoms with Gasteiger partial charge in [0, 0.05) is 48.4 Å². The molecule has 2 aromatic heterocycles. The van der Waals surface area contributed by atoms with E-state index in [0.29, 0.717) is 30.4 Å². The first-order valence-electron chi connectivity index (χ1n) is 10.3. The third-order valence-corrected chi connectivity index (χ3v) is 5.11. The normalized spacial score (nSPS) is 11.0. The molecule has 4 aromatic rings. The second kappa shape index (κ2) is 10.6. The van der Waals surface area contributed by atoms with Gasteiger partial charge >= 0.3 is 5.97 Å². The average molecular weight is 479 g/mol. The maximum absolute atomic E-state index is 13.5. The van der Waals surface area contributed by atoms with Crippen molar-refractivity contribution in [2.75, 3.05) is 17.2 Å². The van der Waals surface area contributed by atoms with Crippen molar-refractivity contribution in [2.45, 2.75) is 6.42 Å². The van der Waals surface area contributed by atoms with Crippen LogP contribution in [0.1, 0.15) is 11.3 Å². The number of rotatable bonds is 9. The van der Waals surface area contributed by atoms with E-state index >= 15 is 0 Å². The number of halogens is 2. The molecule has 34 heavy (non-hydrogen) atoms. The lowest BCUT2D eigenvalue weighted by atomic mass is 10.0. The third-order valence-electron chi connectivity index (χ3n) is 4.82. The van der Waals surface area contributed by atoms with E-state index in [4.69, 9.17) is 16.7 Å². The number of nitrogens with zero attached hydrogens (tertiary/aromatic N) is 3. The Bertz CT molecular complexity index is 1330. The fourth-order valence-corrected chi connectivity index (χ4v) is 3.39. The van der Waals surface area contributed by atoms with Crippen LogP contribution < -0.4 is 10.6 Å². The maximum atomic E-state index is 13.5. The Labute approximate surface area is 199 Å². The molecular weight excluding hydrogens is 459 g/mol. The second-order valence-corrected chi connectivity index (χ2v) is 7.67. The van der Waals surface area contributed by atoms with E-state index in [1.165, 1.54) is 18.2 Å². The molecule has 8 nitrogen and oxygen atoms in total. The van der Waals surface area contributed by atoms with Gasteiger partial charge in [0.2, 0.25) is 5.95 Å². The summed E-state index contributed by atoms with van der Waals surface area (Å²) in [6.45, 7) is 0.576. The maximum Gasteiger partial charge on any atom is 0.328 e. The molecule has 0 unspecified atom stereocenters. The Hall–Kier alpha value is -4.24. The van der Waals surface area contributed by atoms with E-state index in [1.54, 1.807) is 24.8 Å². The summed E-state index contributed by atoms with van der Waals surface area (Å²) in [6, 6.07) is 11.6. The highest BCUT2D eigenvalue weighted by molar-refractivity contribution is 6.31. The zero-order valence-corrected chi connectivity index (χ0v) is 18.6. The SMILES string of the molecule is O=C(O)/C=C/c1cccc(-c2cnc(Nc3ccc(F)c(Cl)c3)nc2NCCc2cnc[nH]2)c1. The quantitative estimate of drug-likeness (QED) is 0.246. The summed E-state index contributed by atoms with van der Waals surface area (Å²) in [7, 11) is 0. The van der Waals surface area contributed by atoms with Crippen LogP contribution in [0.25, 0.3) is 17.2 Å². The average Bonchev–Trinajstić information content (AvgIpc) is 3.34. The van der Waals surface area contributed by atoms with Crippen molar-refractivity contribution in [2.24, 2.45) is 0 Å². The van der Waals surface area contributed by atoms with Gasteiger partial charge in [0.15, 0.2) is 0 Å². The molecule has 0 atom stereocenters. The van der Waals surface area contributed by atoms with Crippen molar-refractivity contribution < 1.29 is 14.3 Å². The van der Waals surface area contributed by atoms with Crippen molar-refractivity contribution in [3.63, 3.8) is 0 Å². The van der Waals surface area contributed by atoms with Gasteiger partial charge in [0.05, 0.1) is 11.3 Å². The minimum atomic E-state index is -1.02. The first kappa shape index (κ1) is 22.9. The molecule has 10 heteroatoms. The highest BCUT2D eigenvalue weighted by Crippen LogP contribution is 2.29. The van der Waals surface area contributed by atoms with Gasteiger partial charge in [-0.2, -0.15) is 4.98 Å². The minimum Gasteiger partial charge on any atom is -0.478 e. The monoisotopic (exact) mass is 478 g/mol. The standard InChI is InChI=1S/C24H20ClFN6O2/c25-20-11-17(5-6-21(20)26)31-24-29-13-19(16-3-1-2-15(10-16)4-7-22(33)34)23(32-24)28-9-8-18-12-27-14-30-18/h1-7,10-14H,8-9H2,(H,27,30)(H,33,34)(H2,28,29,31,32)/b7-4+. The van der Waals surface area contributed by atoms with Gasteiger partial charge in [-0.15, -0.1) is 0 Å². The zero-order valence-electron chi connectivity index (χ0n) is 17.8. The number of hydrogen-bond donors (Lipinski definition) is 4. The van der Waals surface area contributed by atoms with E-state index < -0.39 is 11.8 Å². The lowest BCUT2D eigenvalue weighted by molar-refractivity contribution is -0.131. The van der Waals surface area contributed by atoms with Crippen molar-refractivity contribution in [3.05, 3.63) is 89.4 Å². The highest BCUT2D eigenvalue weighted by Gasteiger charge is 2.11. The highest BCUT2D eigenvalue weighted by atomic mass is 35.5. The summed E-state index contributed by atoms with van der Waals surface area (Å²) in [4.78, 5) is 27.0.